The maximum atomic E-state index is 10.3. The number of benzene rings is 1. The van der Waals surface area contributed by atoms with Crippen LogP contribution in [-0.2, 0) is 4.79 Å². The van der Waals surface area contributed by atoms with E-state index in [1.807, 2.05) is 31.2 Å². The minimum Gasteiger partial charge on any atom is -0.481 e. The van der Waals surface area contributed by atoms with Crippen LogP contribution in [-0.4, -0.2) is 17.6 Å². The SMILES string of the molecule is CC(NCCC(=O)O)c1ccc(Cl)cc1. The predicted octanol–water partition coefficient (Wildman–Crippen LogP) is 2.47. The van der Waals surface area contributed by atoms with Crippen molar-refractivity contribution in [2.24, 2.45) is 0 Å². The van der Waals surface area contributed by atoms with Crippen molar-refractivity contribution in [3.8, 4) is 0 Å². The van der Waals surface area contributed by atoms with Crippen molar-refractivity contribution >= 4 is 17.6 Å². The number of aliphatic carboxylic acids is 1. The summed E-state index contributed by atoms with van der Waals surface area (Å²) in [6.45, 7) is 2.46. The van der Waals surface area contributed by atoms with Gasteiger partial charge < -0.3 is 10.4 Å². The molecule has 0 spiro atoms. The molecule has 0 heterocycles. The fourth-order valence-corrected chi connectivity index (χ4v) is 1.39. The Labute approximate surface area is 94.1 Å². The third-order valence-corrected chi connectivity index (χ3v) is 2.41. The monoisotopic (exact) mass is 227 g/mol. The maximum Gasteiger partial charge on any atom is 0.304 e. The van der Waals surface area contributed by atoms with E-state index in [2.05, 4.69) is 5.32 Å². The average Bonchev–Trinajstić information content (AvgIpc) is 2.18. The molecule has 0 aliphatic rings. The van der Waals surface area contributed by atoms with E-state index in [1.54, 1.807) is 0 Å². The lowest BCUT2D eigenvalue weighted by molar-refractivity contribution is -0.136. The fourth-order valence-electron chi connectivity index (χ4n) is 1.26. The molecule has 0 aliphatic carbocycles. The van der Waals surface area contributed by atoms with Gasteiger partial charge in [0.15, 0.2) is 0 Å². The second kappa shape index (κ2) is 5.73. The molecule has 82 valence electrons. The number of carbonyl (C=O) groups is 1. The van der Waals surface area contributed by atoms with Gasteiger partial charge in [0.25, 0.3) is 0 Å². The lowest BCUT2D eigenvalue weighted by Crippen LogP contribution is -2.21. The van der Waals surface area contributed by atoms with Crippen LogP contribution in [0.3, 0.4) is 0 Å². The van der Waals surface area contributed by atoms with Crippen LogP contribution >= 0.6 is 11.6 Å². The first-order valence-corrected chi connectivity index (χ1v) is 5.18. The quantitative estimate of drug-likeness (QED) is 0.813. The van der Waals surface area contributed by atoms with Crippen molar-refractivity contribution in [1.82, 2.24) is 5.32 Å². The molecular weight excluding hydrogens is 214 g/mol. The van der Waals surface area contributed by atoms with Gasteiger partial charge in [0.2, 0.25) is 0 Å². The van der Waals surface area contributed by atoms with Crippen LogP contribution in [0.5, 0.6) is 0 Å². The van der Waals surface area contributed by atoms with Crippen LogP contribution in [0.25, 0.3) is 0 Å². The van der Waals surface area contributed by atoms with Crippen LogP contribution in [0.2, 0.25) is 5.02 Å². The molecule has 1 rings (SSSR count). The molecule has 0 radical (unpaired) electrons. The number of nitrogens with one attached hydrogen (secondary N) is 1. The van der Waals surface area contributed by atoms with Gasteiger partial charge >= 0.3 is 5.97 Å². The Morgan fingerprint density at radius 1 is 1.47 bits per heavy atom. The van der Waals surface area contributed by atoms with Gasteiger partial charge in [-0.25, -0.2) is 0 Å². The third-order valence-electron chi connectivity index (χ3n) is 2.16. The number of hydrogen-bond acceptors (Lipinski definition) is 2. The highest BCUT2D eigenvalue weighted by Crippen LogP contribution is 2.15. The molecule has 1 aromatic carbocycles. The minimum atomic E-state index is -0.786. The fraction of sp³-hybridized carbons (Fsp3) is 0.364. The molecule has 4 heteroatoms. The molecule has 0 aliphatic heterocycles. The Morgan fingerprint density at radius 3 is 2.60 bits per heavy atom. The lowest BCUT2D eigenvalue weighted by atomic mass is 10.1. The van der Waals surface area contributed by atoms with Gasteiger partial charge in [0, 0.05) is 17.6 Å². The van der Waals surface area contributed by atoms with Crippen LogP contribution in [0.15, 0.2) is 24.3 Å². The van der Waals surface area contributed by atoms with Gasteiger partial charge in [-0.15, -0.1) is 0 Å². The van der Waals surface area contributed by atoms with E-state index in [9.17, 15) is 4.79 Å². The summed E-state index contributed by atoms with van der Waals surface area (Å²) >= 11 is 5.76. The van der Waals surface area contributed by atoms with Gasteiger partial charge in [-0.1, -0.05) is 23.7 Å². The number of hydrogen-bond donors (Lipinski definition) is 2. The summed E-state index contributed by atoms with van der Waals surface area (Å²) in [6, 6.07) is 7.65. The normalized spacial score (nSPS) is 12.4. The van der Waals surface area contributed by atoms with Gasteiger partial charge in [-0.2, -0.15) is 0 Å². The van der Waals surface area contributed by atoms with Crippen molar-refractivity contribution in [1.29, 1.82) is 0 Å². The van der Waals surface area contributed by atoms with E-state index in [1.165, 1.54) is 0 Å². The van der Waals surface area contributed by atoms with Crippen LogP contribution in [0, 0.1) is 0 Å². The molecule has 0 saturated heterocycles. The summed E-state index contributed by atoms with van der Waals surface area (Å²) in [5, 5.41) is 12.3. The molecule has 0 fully saturated rings. The largest absolute Gasteiger partial charge is 0.481 e. The predicted molar refractivity (Wildman–Crippen MR) is 60.1 cm³/mol. The highest BCUT2D eigenvalue weighted by atomic mass is 35.5. The number of halogens is 1. The first-order valence-electron chi connectivity index (χ1n) is 4.80. The van der Waals surface area contributed by atoms with Gasteiger partial charge in [0.05, 0.1) is 6.42 Å². The maximum absolute atomic E-state index is 10.3. The molecule has 0 bridgehead atoms. The van der Waals surface area contributed by atoms with Crippen molar-refractivity contribution < 1.29 is 9.90 Å². The number of rotatable bonds is 5. The molecule has 15 heavy (non-hydrogen) atoms. The van der Waals surface area contributed by atoms with E-state index in [0.717, 1.165) is 5.56 Å². The molecule has 1 unspecified atom stereocenters. The molecule has 2 N–H and O–H groups in total. The van der Waals surface area contributed by atoms with Crippen LogP contribution in [0.4, 0.5) is 0 Å². The highest BCUT2D eigenvalue weighted by Gasteiger charge is 2.04. The molecule has 0 amide bonds. The average molecular weight is 228 g/mol. The van der Waals surface area contributed by atoms with Gasteiger partial charge in [-0.05, 0) is 24.6 Å². The second-order valence-electron chi connectivity index (χ2n) is 3.37. The Kier molecular flexibility index (Phi) is 4.59. The van der Waals surface area contributed by atoms with Crippen molar-refractivity contribution in [2.45, 2.75) is 19.4 Å². The highest BCUT2D eigenvalue weighted by molar-refractivity contribution is 6.30. The van der Waals surface area contributed by atoms with Crippen LogP contribution in [0.1, 0.15) is 24.9 Å². The van der Waals surface area contributed by atoms with E-state index in [4.69, 9.17) is 16.7 Å². The van der Waals surface area contributed by atoms with Crippen molar-refractivity contribution in [2.75, 3.05) is 6.54 Å². The molecule has 0 aromatic heterocycles. The van der Waals surface area contributed by atoms with Gasteiger partial charge in [0.1, 0.15) is 0 Å². The van der Waals surface area contributed by atoms with E-state index in [-0.39, 0.29) is 12.5 Å². The standard InChI is InChI=1S/C11H14ClNO2/c1-8(13-7-6-11(14)15)9-2-4-10(12)5-3-9/h2-5,8,13H,6-7H2,1H3,(H,14,15). The molecule has 1 atom stereocenters. The van der Waals surface area contributed by atoms with E-state index < -0.39 is 5.97 Å². The summed E-state index contributed by atoms with van der Waals surface area (Å²) in [7, 11) is 0. The topological polar surface area (TPSA) is 49.3 Å². The minimum absolute atomic E-state index is 0.137. The smallest absolute Gasteiger partial charge is 0.304 e. The molecular formula is C11H14ClNO2. The molecule has 0 saturated carbocycles. The van der Waals surface area contributed by atoms with Crippen molar-refractivity contribution in [3.05, 3.63) is 34.9 Å². The molecule has 3 nitrogen and oxygen atoms in total. The summed E-state index contributed by atoms with van der Waals surface area (Å²) in [5.41, 5.74) is 1.10. The summed E-state index contributed by atoms with van der Waals surface area (Å²) in [4.78, 5) is 10.3. The number of carboxylic acid groups (broad SMARTS) is 1. The zero-order chi connectivity index (χ0) is 11.3. The third kappa shape index (κ3) is 4.32. The Balaban J connectivity index is 2.43. The summed E-state index contributed by atoms with van der Waals surface area (Å²) in [6.07, 6.45) is 0.137. The lowest BCUT2D eigenvalue weighted by Gasteiger charge is -2.13. The van der Waals surface area contributed by atoms with Crippen LogP contribution < -0.4 is 5.32 Å². The zero-order valence-corrected chi connectivity index (χ0v) is 9.29. The Morgan fingerprint density at radius 2 is 2.07 bits per heavy atom. The zero-order valence-electron chi connectivity index (χ0n) is 8.53. The second-order valence-corrected chi connectivity index (χ2v) is 3.81. The Bertz CT molecular complexity index is 324. The molecule has 1 aromatic rings. The summed E-state index contributed by atoms with van der Waals surface area (Å²) in [5.74, 6) is -0.786. The first-order chi connectivity index (χ1) is 7.09. The first kappa shape index (κ1) is 12.0. The van der Waals surface area contributed by atoms with E-state index in [0.29, 0.717) is 11.6 Å². The van der Waals surface area contributed by atoms with Crippen molar-refractivity contribution in [3.63, 3.8) is 0 Å². The Hall–Kier alpha value is -1.06. The summed E-state index contributed by atoms with van der Waals surface area (Å²) < 4.78 is 0. The van der Waals surface area contributed by atoms with Gasteiger partial charge in [-0.3, -0.25) is 4.79 Å². The van der Waals surface area contributed by atoms with E-state index >= 15 is 0 Å². The number of carboxylic acids is 1.